The molecule has 0 unspecified atom stereocenters. The van der Waals surface area contributed by atoms with Gasteiger partial charge in [0.2, 0.25) is 5.91 Å². The van der Waals surface area contributed by atoms with Crippen LogP contribution in [-0.2, 0) is 4.79 Å². The van der Waals surface area contributed by atoms with E-state index in [0.29, 0.717) is 16.6 Å². The molecule has 23 heavy (non-hydrogen) atoms. The summed E-state index contributed by atoms with van der Waals surface area (Å²) >= 11 is 1.42. The van der Waals surface area contributed by atoms with Crippen molar-refractivity contribution in [2.75, 3.05) is 11.9 Å². The third-order valence-electron chi connectivity index (χ3n) is 3.66. The molecule has 1 fully saturated rings. The molecule has 3 rings (SSSR count). The minimum absolute atomic E-state index is 0.0653. The van der Waals surface area contributed by atoms with Crippen LogP contribution in [0.4, 0.5) is 5.13 Å². The van der Waals surface area contributed by atoms with E-state index < -0.39 is 0 Å². The van der Waals surface area contributed by atoms with E-state index in [0.717, 1.165) is 16.8 Å². The number of anilines is 1. The number of amides is 2. The highest BCUT2D eigenvalue weighted by Crippen LogP contribution is 2.40. The summed E-state index contributed by atoms with van der Waals surface area (Å²) in [5.41, 5.74) is 3.68. The average Bonchev–Trinajstić information content (AvgIpc) is 3.24. The van der Waals surface area contributed by atoms with Crippen LogP contribution in [0, 0.1) is 13.8 Å². The zero-order valence-electron chi connectivity index (χ0n) is 13.2. The zero-order valence-corrected chi connectivity index (χ0v) is 14.0. The molecule has 0 radical (unpaired) electrons. The van der Waals surface area contributed by atoms with Gasteiger partial charge in [0.15, 0.2) is 5.13 Å². The fraction of sp³-hybridized carbons (Fsp3) is 0.353. The van der Waals surface area contributed by atoms with Crippen LogP contribution in [0.15, 0.2) is 23.6 Å². The highest BCUT2D eigenvalue weighted by Gasteiger charge is 2.26. The molecule has 0 atom stereocenters. The van der Waals surface area contributed by atoms with E-state index in [2.05, 4.69) is 15.6 Å². The number of aromatic nitrogens is 1. The number of thiazole rings is 1. The first-order valence-corrected chi connectivity index (χ1v) is 8.51. The second kappa shape index (κ2) is 6.50. The van der Waals surface area contributed by atoms with Crippen LogP contribution in [0.3, 0.4) is 0 Å². The second-order valence-corrected chi connectivity index (χ2v) is 6.82. The van der Waals surface area contributed by atoms with Gasteiger partial charge in [0.1, 0.15) is 0 Å². The first kappa shape index (κ1) is 15.7. The molecule has 5 nitrogen and oxygen atoms in total. The van der Waals surface area contributed by atoms with E-state index in [-0.39, 0.29) is 18.4 Å². The maximum Gasteiger partial charge on any atom is 0.251 e. The Kier molecular flexibility index (Phi) is 4.43. The van der Waals surface area contributed by atoms with Gasteiger partial charge in [0.05, 0.1) is 12.2 Å². The van der Waals surface area contributed by atoms with E-state index in [1.807, 2.05) is 37.4 Å². The molecule has 1 aromatic carbocycles. The van der Waals surface area contributed by atoms with E-state index in [1.165, 1.54) is 24.2 Å². The zero-order chi connectivity index (χ0) is 16.4. The summed E-state index contributed by atoms with van der Waals surface area (Å²) in [7, 11) is 0. The molecule has 1 aliphatic rings. The van der Waals surface area contributed by atoms with Gasteiger partial charge >= 0.3 is 0 Å². The molecule has 120 valence electrons. The van der Waals surface area contributed by atoms with Gasteiger partial charge in [-0.15, -0.1) is 11.3 Å². The van der Waals surface area contributed by atoms with Crippen molar-refractivity contribution in [1.29, 1.82) is 0 Å². The Morgan fingerprint density at radius 1 is 1.22 bits per heavy atom. The van der Waals surface area contributed by atoms with Gasteiger partial charge in [-0.05, 0) is 38.8 Å². The number of aryl methyl sites for hydroxylation is 2. The van der Waals surface area contributed by atoms with Gasteiger partial charge in [-0.25, -0.2) is 4.98 Å². The lowest BCUT2D eigenvalue weighted by Crippen LogP contribution is -2.32. The summed E-state index contributed by atoms with van der Waals surface area (Å²) < 4.78 is 0. The molecular weight excluding hydrogens is 310 g/mol. The third-order valence-corrected chi connectivity index (χ3v) is 4.43. The van der Waals surface area contributed by atoms with Crippen molar-refractivity contribution in [3.8, 4) is 0 Å². The molecule has 2 aromatic rings. The topological polar surface area (TPSA) is 71.1 Å². The van der Waals surface area contributed by atoms with Crippen LogP contribution in [0.1, 0.15) is 45.9 Å². The second-order valence-electron chi connectivity index (χ2n) is 5.96. The van der Waals surface area contributed by atoms with Crippen molar-refractivity contribution in [3.05, 3.63) is 46.0 Å². The number of hydrogen-bond donors (Lipinski definition) is 2. The third kappa shape index (κ3) is 4.16. The summed E-state index contributed by atoms with van der Waals surface area (Å²) in [5, 5.41) is 7.95. The van der Waals surface area contributed by atoms with Crippen LogP contribution in [0.25, 0.3) is 0 Å². The first-order valence-electron chi connectivity index (χ1n) is 7.63. The van der Waals surface area contributed by atoms with Crippen LogP contribution >= 0.6 is 11.3 Å². The highest BCUT2D eigenvalue weighted by atomic mass is 32.1. The number of carbonyl (C=O) groups excluding carboxylic acids is 2. The van der Waals surface area contributed by atoms with Gasteiger partial charge in [-0.1, -0.05) is 17.2 Å². The summed E-state index contributed by atoms with van der Waals surface area (Å²) in [6.45, 7) is 3.82. The SMILES string of the molecule is Cc1cc(C)cc(C(=O)NCC(=O)Nc2nc(C3CC3)cs2)c1. The molecule has 2 N–H and O–H groups in total. The van der Waals surface area contributed by atoms with Crippen molar-refractivity contribution >= 4 is 28.3 Å². The molecule has 0 spiro atoms. The van der Waals surface area contributed by atoms with Crippen molar-refractivity contribution in [2.24, 2.45) is 0 Å². The number of benzene rings is 1. The first-order chi connectivity index (χ1) is 11.0. The average molecular weight is 329 g/mol. The summed E-state index contributed by atoms with van der Waals surface area (Å²) in [4.78, 5) is 28.4. The van der Waals surface area contributed by atoms with Gasteiger partial charge < -0.3 is 10.6 Å². The summed E-state index contributed by atoms with van der Waals surface area (Å²) in [6, 6.07) is 5.62. The number of nitrogens with zero attached hydrogens (tertiary/aromatic N) is 1. The Balaban J connectivity index is 1.52. The van der Waals surface area contributed by atoms with Gasteiger partial charge in [-0.3, -0.25) is 9.59 Å². The Morgan fingerprint density at radius 3 is 2.57 bits per heavy atom. The molecule has 0 bridgehead atoms. The molecule has 2 amide bonds. The van der Waals surface area contributed by atoms with Crippen LogP contribution in [0.2, 0.25) is 0 Å². The predicted octanol–water partition coefficient (Wildman–Crippen LogP) is 3.01. The monoisotopic (exact) mass is 329 g/mol. The largest absolute Gasteiger partial charge is 0.343 e. The standard InChI is InChI=1S/C17H19N3O2S/c1-10-5-11(2)7-13(6-10)16(22)18-8-15(21)20-17-19-14(9-23-17)12-3-4-12/h5-7,9,12H,3-4,8H2,1-2H3,(H,18,22)(H,19,20,21). The molecule has 6 heteroatoms. The van der Waals surface area contributed by atoms with Crippen molar-refractivity contribution in [2.45, 2.75) is 32.6 Å². The Labute approximate surface area is 139 Å². The number of nitrogens with one attached hydrogen (secondary N) is 2. The Bertz CT molecular complexity index is 730. The lowest BCUT2D eigenvalue weighted by Gasteiger charge is -2.07. The van der Waals surface area contributed by atoms with Crippen LogP contribution in [-0.4, -0.2) is 23.3 Å². The van der Waals surface area contributed by atoms with Crippen molar-refractivity contribution in [3.63, 3.8) is 0 Å². The van der Waals surface area contributed by atoms with E-state index >= 15 is 0 Å². The van der Waals surface area contributed by atoms with Crippen LogP contribution < -0.4 is 10.6 Å². The van der Waals surface area contributed by atoms with E-state index in [4.69, 9.17) is 0 Å². The Hall–Kier alpha value is -2.21. The highest BCUT2D eigenvalue weighted by molar-refractivity contribution is 7.13. The van der Waals surface area contributed by atoms with Gasteiger partial charge in [0.25, 0.3) is 5.91 Å². The lowest BCUT2D eigenvalue weighted by molar-refractivity contribution is -0.115. The molecule has 0 saturated heterocycles. The number of hydrogen-bond acceptors (Lipinski definition) is 4. The Morgan fingerprint density at radius 2 is 1.91 bits per heavy atom. The molecule has 1 heterocycles. The fourth-order valence-electron chi connectivity index (χ4n) is 2.44. The smallest absolute Gasteiger partial charge is 0.251 e. The predicted molar refractivity (Wildman–Crippen MR) is 91.0 cm³/mol. The minimum Gasteiger partial charge on any atom is -0.343 e. The lowest BCUT2D eigenvalue weighted by atomic mass is 10.1. The van der Waals surface area contributed by atoms with Crippen molar-refractivity contribution in [1.82, 2.24) is 10.3 Å². The quantitative estimate of drug-likeness (QED) is 0.886. The van der Waals surface area contributed by atoms with Crippen molar-refractivity contribution < 1.29 is 9.59 Å². The molecule has 0 aliphatic heterocycles. The minimum atomic E-state index is -0.264. The molecule has 1 aliphatic carbocycles. The maximum atomic E-state index is 12.1. The van der Waals surface area contributed by atoms with Crippen LogP contribution in [0.5, 0.6) is 0 Å². The summed E-state index contributed by atoms with van der Waals surface area (Å²) in [6.07, 6.45) is 2.37. The number of rotatable bonds is 5. The van der Waals surface area contributed by atoms with Gasteiger partial charge in [0, 0.05) is 16.9 Å². The normalized spacial score (nSPS) is 13.7. The van der Waals surface area contributed by atoms with E-state index in [1.54, 1.807) is 0 Å². The molecule has 1 aromatic heterocycles. The maximum absolute atomic E-state index is 12.1. The van der Waals surface area contributed by atoms with Gasteiger partial charge in [-0.2, -0.15) is 0 Å². The summed E-state index contributed by atoms with van der Waals surface area (Å²) in [5.74, 6) is 0.0605. The molecule has 1 saturated carbocycles. The number of carbonyl (C=O) groups is 2. The fourth-order valence-corrected chi connectivity index (χ4v) is 3.25. The molecular formula is C17H19N3O2S. The van der Waals surface area contributed by atoms with E-state index in [9.17, 15) is 9.59 Å².